The van der Waals surface area contributed by atoms with Crippen LogP contribution in [0.25, 0.3) is 0 Å². The highest BCUT2D eigenvalue weighted by molar-refractivity contribution is 5.75. The van der Waals surface area contributed by atoms with Crippen molar-refractivity contribution < 1.29 is 4.79 Å². The molecular formula is C9H11N3O. The van der Waals surface area contributed by atoms with E-state index in [1.54, 1.807) is 12.4 Å². The number of aromatic nitrogens is 1. The number of carbonyl (C=O) groups excluding carboxylic acids is 1. The Morgan fingerprint density at radius 2 is 2.46 bits per heavy atom. The first-order valence-electron chi connectivity index (χ1n) is 4.30. The van der Waals surface area contributed by atoms with Gasteiger partial charge in [-0.3, -0.25) is 4.98 Å². The molecule has 1 saturated heterocycles. The molecule has 0 saturated carbocycles. The topological polar surface area (TPSA) is 54.0 Å². The molecule has 2 amide bonds. The third kappa shape index (κ3) is 1.77. The summed E-state index contributed by atoms with van der Waals surface area (Å²) in [6.07, 6.45) is 4.43. The lowest BCUT2D eigenvalue weighted by molar-refractivity contribution is 0.229. The van der Waals surface area contributed by atoms with Gasteiger partial charge in [0.1, 0.15) is 0 Å². The van der Waals surface area contributed by atoms with E-state index < -0.39 is 0 Å². The lowest BCUT2D eigenvalue weighted by atomic mass is 10.1. The maximum absolute atomic E-state index is 11.0. The number of nitrogens with one attached hydrogen (secondary N) is 2. The van der Waals surface area contributed by atoms with Crippen LogP contribution in [0, 0.1) is 0 Å². The van der Waals surface area contributed by atoms with Crippen molar-refractivity contribution in [1.29, 1.82) is 0 Å². The van der Waals surface area contributed by atoms with Gasteiger partial charge in [-0.2, -0.15) is 0 Å². The molecule has 1 aliphatic rings. The number of amides is 2. The van der Waals surface area contributed by atoms with Gasteiger partial charge in [-0.1, -0.05) is 6.07 Å². The molecule has 4 nitrogen and oxygen atoms in total. The highest BCUT2D eigenvalue weighted by atomic mass is 16.2. The largest absolute Gasteiger partial charge is 0.338 e. The van der Waals surface area contributed by atoms with Crippen LogP contribution in [0.2, 0.25) is 0 Å². The fourth-order valence-electron chi connectivity index (χ4n) is 1.44. The van der Waals surface area contributed by atoms with Crippen LogP contribution < -0.4 is 10.6 Å². The van der Waals surface area contributed by atoms with Gasteiger partial charge in [-0.05, 0) is 18.1 Å². The Balaban J connectivity index is 2.13. The molecule has 4 heteroatoms. The summed E-state index contributed by atoms with van der Waals surface area (Å²) >= 11 is 0. The van der Waals surface area contributed by atoms with E-state index in [1.807, 2.05) is 12.1 Å². The Morgan fingerprint density at radius 1 is 1.54 bits per heavy atom. The van der Waals surface area contributed by atoms with Crippen LogP contribution >= 0.6 is 0 Å². The Bertz CT molecular complexity index is 299. The molecule has 1 atom stereocenters. The van der Waals surface area contributed by atoms with E-state index in [2.05, 4.69) is 15.6 Å². The van der Waals surface area contributed by atoms with Crippen molar-refractivity contribution in [2.75, 3.05) is 6.54 Å². The van der Waals surface area contributed by atoms with Gasteiger partial charge in [-0.15, -0.1) is 0 Å². The van der Waals surface area contributed by atoms with Gasteiger partial charge in [0.15, 0.2) is 0 Å². The van der Waals surface area contributed by atoms with E-state index in [-0.39, 0.29) is 12.1 Å². The molecule has 1 unspecified atom stereocenters. The van der Waals surface area contributed by atoms with Crippen LogP contribution in [-0.4, -0.2) is 17.6 Å². The highest BCUT2D eigenvalue weighted by Gasteiger charge is 2.18. The summed E-state index contributed by atoms with van der Waals surface area (Å²) in [5, 5.41) is 5.55. The van der Waals surface area contributed by atoms with Crippen LogP contribution in [0.4, 0.5) is 4.79 Å². The second-order valence-electron chi connectivity index (χ2n) is 3.03. The molecule has 1 aliphatic heterocycles. The summed E-state index contributed by atoms with van der Waals surface area (Å²) < 4.78 is 0. The van der Waals surface area contributed by atoms with Crippen molar-refractivity contribution >= 4 is 6.03 Å². The number of hydrogen-bond acceptors (Lipinski definition) is 2. The van der Waals surface area contributed by atoms with Gasteiger partial charge in [0, 0.05) is 18.9 Å². The molecule has 0 spiro atoms. The first-order chi connectivity index (χ1) is 6.36. The van der Waals surface area contributed by atoms with Crippen molar-refractivity contribution in [3.05, 3.63) is 30.1 Å². The van der Waals surface area contributed by atoms with Crippen LogP contribution in [0.1, 0.15) is 18.0 Å². The molecule has 13 heavy (non-hydrogen) atoms. The number of nitrogens with zero attached hydrogens (tertiary/aromatic N) is 1. The van der Waals surface area contributed by atoms with Crippen LogP contribution in [0.15, 0.2) is 24.5 Å². The summed E-state index contributed by atoms with van der Waals surface area (Å²) in [6.45, 7) is 0.728. The van der Waals surface area contributed by atoms with E-state index in [9.17, 15) is 4.79 Å². The molecule has 0 aliphatic carbocycles. The minimum Gasteiger partial charge on any atom is -0.338 e. The van der Waals surface area contributed by atoms with E-state index >= 15 is 0 Å². The van der Waals surface area contributed by atoms with Gasteiger partial charge in [0.25, 0.3) is 0 Å². The van der Waals surface area contributed by atoms with Gasteiger partial charge in [-0.25, -0.2) is 4.79 Å². The minimum absolute atomic E-state index is 0.0971. The minimum atomic E-state index is -0.0971. The first-order valence-corrected chi connectivity index (χ1v) is 4.30. The maximum atomic E-state index is 11.0. The molecule has 0 radical (unpaired) electrons. The van der Waals surface area contributed by atoms with Crippen LogP contribution in [0.3, 0.4) is 0 Å². The summed E-state index contributed by atoms with van der Waals surface area (Å²) in [7, 11) is 0. The molecular weight excluding hydrogens is 166 g/mol. The Labute approximate surface area is 76.4 Å². The molecule has 2 rings (SSSR count). The molecule has 1 fully saturated rings. The van der Waals surface area contributed by atoms with Gasteiger partial charge in [0.2, 0.25) is 0 Å². The summed E-state index contributed by atoms with van der Waals surface area (Å²) in [5.74, 6) is 0. The standard InChI is InChI=1S/C9H11N3O/c13-9-11-5-3-8(12-9)7-2-1-4-10-6-7/h1-2,4,6,8H,3,5H2,(H2,11,12,13). The number of rotatable bonds is 1. The number of urea groups is 1. The second-order valence-corrected chi connectivity index (χ2v) is 3.03. The normalized spacial score (nSPS) is 21.8. The van der Waals surface area contributed by atoms with Crippen LogP contribution in [-0.2, 0) is 0 Å². The molecule has 2 heterocycles. The van der Waals surface area contributed by atoms with E-state index in [0.717, 1.165) is 18.5 Å². The van der Waals surface area contributed by atoms with E-state index in [4.69, 9.17) is 0 Å². The number of hydrogen-bond donors (Lipinski definition) is 2. The van der Waals surface area contributed by atoms with Crippen molar-refractivity contribution in [2.45, 2.75) is 12.5 Å². The van der Waals surface area contributed by atoms with Gasteiger partial charge >= 0.3 is 6.03 Å². The predicted molar refractivity (Wildman–Crippen MR) is 48.1 cm³/mol. The average Bonchev–Trinajstić information content (AvgIpc) is 2.19. The molecule has 2 N–H and O–H groups in total. The average molecular weight is 177 g/mol. The van der Waals surface area contributed by atoms with Crippen molar-refractivity contribution in [3.8, 4) is 0 Å². The SMILES string of the molecule is O=C1NCCC(c2cccnc2)N1. The zero-order chi connectivity index (χ0) is 9.10. The summed E-state index contributed by atoms with van der Waals surface area (Å²) in [4.78, 5) is 15.0. The lowest BCUT2D eigenvalue weighted by Gasteiger charge is -2.24. The molecule has 0 aromatic carbocycles. The van der Waals surface area contributed by atoms with E-state index in [0.29, 0.717) is 0 Å². The van der Waals surface area contributed by atoms with Crippen molar-refractivity contribution in [1.82, 2.24) is 15.6 Å². The third-order valence-electron chi connectivity index (χ3n) is 2.11. The summed E-state index contributed by atoms with van der Waals surface area (Å²) in [5.41, 5.74) is 1.07. The smallest absolute Gasteiger partial charge is 0.315 e. The Kier molecular flexibility index (Phi) is 2.12. The first kappa shape index (κ1) is 8.04. The van der Waals surface area contributed by atoms with Crippen molar-refractivity contribution in [3.63, 3.8) is 0 Å². The molecule has 68 valence electrons. The quantitative estimate of drug-likeness (QED) is 0.667. The molecule has 1 aromatic heterocycles. The third-order valence-corrected chi connectivity index (χ3v) is 2.11. The van der Waals surface area contributed by atoms with Gasteiger partial charge < -0.3 is 10.6 Å². The fraction of sp³-hybridized carbons (Fsp3) is 0.333. The molecule has 1 aromatic rings. The maximum Gasteiger partial charge on any atom is 0.315 e. The highest BCUT2D eigenvalue weighted by Crippen LogP contribution is 2.16. The summed E-state index contributed by atoms with van der Waals surface area (Å²) in [6, 6.07) is 3.87. The number of pyridine rings is 1. The Morgan fingerprint density at radius 3 is 3.15 bits per heavy atom. The Hall–Kier alpha value is -1.58. The van der Waals surface area contributed by atoms with Crippen LogP contribution in [0.5, 0.6) is 0 Å². The molecule has 0 bridgehead atoms. The second kappa shape index (κ2) is 3.43. The van der Waals surface area contributed by atoms with Gasteiger partial charge in [0.05, 0.1) is 6.04 Å². The fourth-order valence-corrected chi connectivity index (χ4v) is 1.44. The zero-order valence-electron chi connectivity index (χ0n) is 7.16. The van der Waals surface area contributed by atoms with Crippen molar-refractivity contribution in [2.24, 2.45) is 0 Å². The lowest BCUT2D eigenvalue weighted by Crippen LogP contribution is -2.44. The zero-order valence-corrected chi connectivity index (χ0v) is 7.16. The monoisotopic (exact) mass is 177 g/mol. The van der Waals surface area contributed by atoms with E-state index in [1.165, 1.54) is 0 Å². The predicted octanol–water partition coefficient (Wildman–Crippen LogP) is 0.826. The number of carbonyl (C=O) groups is 1.